The van der Waals surface area contributed by atoms with Gasteiger partial charge < -0.3 is 5.32 Å². The highest BCUT2D eigenvalue weighted by Crippen LogP contribution is 2.23. The fourth-order valence-electron chi connectivity index (χ4n) is 0.692. The number of allylic oxidation sites excluding steroid dienone is 2. The van der Waals surface area contributed by atoms with E-state index in [4.69, 9.17) is 0 Å². The van der Waals surface area contributed by atoms with Crippen molar-refractivity contribution in [2.75, 3.05) is 7.05 Å². The van der Waals surface area contributed by atoms with Crippen LogP contribution in [-0.4, -0.2) is 13.0 Å². The first-order valence-electron chi connectivity index (χ1n) is 6.75. The van der Waals surface area contributed by atoms with Gasteiger partial charge in [-0.2, -0.15) is 0 Å². The zero-order valence-corrected chi connectivity index (χ0v) is 13.4. The lowest BCUT2D eigenvalue weighted by molar-refractivity contribution is -0.116. The van der Waals surface area contributed by atoms with Crippen LogP contribution in [0.2, 0.25) is 0 Å². The second kappa shape index (κ2) is 9.93. The number of hydrogen-bond donors (Lipinski definition) is 1. The first-order chi connectivity index (χ1) is 8.20. The Bertz CT molecular complexity index is 280. The molecule has 0 aromatic carbocycles. The molecule has 0 aromatic heterocycles. The predicted molar refractivity (Wildman–Crippen MR) is 81.5 cm³/mol. The minimum Gasteiger partial charge on any atom is -0.355 e. The summed E-state index contributed by atoms with van der Waals surface area (Å²) in [6.07, 6.45) is 6.54. The van der Waals surface area contributed by atoms with E-state index in [9.17, 15) is 4.79 Å². The van der Waals surface area contributed by atoms with Crippen molar-refractivity contribution in [3.05, 3.63) is 23.8 Å². The summed E-state index contributed by atoms with van der Waals surface area (Å²) in [7, 11) is 1.63. The van der Waals surface area contributed by atoms with Crippen LogP contribution < -0.4 is 5.32 Å². The monoisotopic (exact) mass is 253 g/mol. The van der Waals surface area contributed by atoms with E-state index in [1.165, 1.54) is 0 Å². The molecule has 1 N–H and O–H groups in total. The van der Waals surface area contributed by atoms with E-state index in [0.717, 1.165) is 12.3 Å². The molecule has 106 valence electrons. The highest BCUT2D eigenvalue weighted by Gasteiger charge is 2.13. The molecule has 2 heteroatoms. The second-order valence-corrected chi connectivity index (χ2v) is 5.65. The molecule has 0 bridgehead atoms. The highest BCUT2D eigenvalue weighted by molar-refractivity contribution is 5.95. The molecule has 0 saturated carbocycles. The maximum atomic E-state index is 11.0. The molecule has 18 heavy (non-hydrogen) atoms. The van der Waals surface area contributed by atoms with E-state index in [2.05, 4.69) is 39.9 Å². The summed E-state index contributed by atoms with van der Waals surface area (Å²) in [6.45, 7) is 15.2. The molecule has 0 unspecified atom stereocenters. The van der Waals surface area contributed by atoms with Gasteiger partial charge in [-0.05, 0) is 24.7 Å². The summed E-state index contributed by atoms with van der Waals surface area (Å²) in [5, 5.41) is 2.57. The number of hydrogen-bond acceptors (Lipinski definition) is 1. The van der Waals surface area contributed by atoms with Crippen LogP contribution in [0.3, 0.4) is 0 Å². The van der Waals surface area contributed by atoms with Crippen LogP contribution in [0.5, 0.6) is 0 Å². The summed E-state index contributed by atoms with van der Waals surface area (Å²) in [5.74, 6) is 0.768. The predicted octanol–water partition coefficient (Wildman–Crippen LogP) is 4.33. The van der Waals surface area contributed by atoms with Crippen molar-refractivity contribution in [3.63, 3.8) is 0 Å². The third-order valence-electron chi connectivity index (χ3n) is 3.07. The molecule has 0 spiro atoms. The summed E-state index contributed by atoms with van der Waals surface area (Å²) >= 11 is 0. The molecule has 0 aromatic rings. The van der Waals surface area contributed by atoms with Crippen LogP contribution in [0.15, 0.2) is 23.8 Å². The zero-order chi connectivity index (χ0) is 14.8. The fraction of sp³-hybridized carbons (Fsp3) is 0.688. The standard InChI is InChI=1S/C9H15NO.C7H16/c1-4-6-7-8(5-2)9(11)10-3;1-6(2)7(3,4)5/h5-7H,4H2,1-3H3,(H,10,11);6H,1-5H3/b7-6-,8-5+;. The van der Waals surface area contributed by atoms with Crippen LogP contribution in [0.4, 0.5) is 0 Å². The van der Waals surface area contributed by atoms with Crippen molar-refractivity contribution in [2.24, 2.45) is 11.3 Å². The lowest BCUT2D eigenvalue weighted by Gasteiger charge is -2.22. The number of carbonyl (C=O) groups excluding carboxylic acids is 1. The smallest absolute Gasteiger partial charge is 0.250 e. The Labute approximate surface area is 114 Å². The topological polar surface area (TPSA) is 29.1 Å². The van der Waals surface area contributed by atoms with Crippen LogP contribution in [0, 0.1) is 11.3 Å². The van der Waals surface area contributed by atoms with E-state index < -0.39 is 0 Å². The van der Waals surface area contributed by atoms with Crippen molar-refractivity contribution >= 4 is 5.91 Å². The third-order valence-corrected chi connectivity index (χ3v) is 3.07. The molecule has 0 fully saturated rings. The molecule has 0 saturated heterocycles. The van der Waals surface area contributed by atoms with Crippen molar-refractivity contribution < 1.29 is 4.79 Å². The molecule has 0 rings (SSSR count). The largest absolute Gasteiger partial charge is 0.355 e. The minimum atomic E-state index is -0.0304. The third kappa shape index (κ3) is 10.1. The van der Waals surface area contributed by atoms with Crippen molar-refractivity contribution in [3.8, 4) is 0 Å². The first kappa shape index (κ1) is 19.3. The summed E-state index contributed by atoms with van der Waals surface area (Å²) < 4.78 is 0. The van der Waals surface area contributed by atoms with Crippen LogP contribution >= 0.6 is 0 Å². The normalized spacial score (nSPS) is 12.4. The quantitative estimate of drug-likeness (QED) is 0.588. The Kier molecular flexibility index (Phi) is 10.6. The Morgan fingerprint density at radius 1 is 1.28 bits per heavy atom. The van der Waals surface area contributed by atoms with Crippen LogP contribution in [0.25, 0.3) is 0 Å². The van der Waals surface area contributed by atoms with Gasteiger partial charge in [0, 0.05) is 12.6 Å². The van der Waals surface area contributed by atoms with Gasteiger partial charge in [0.25, 0.3) is 5.91 Å². The second-order valence-electron chi connectivity index (χ2n) is 5.65. The minimum absolute atomic E-state index is 0.0304. The lowest BCUT2D eigenvalue weighted by Crippen LogP contribution is -2.18. The Morgan fingerprint density at radius 2 is 1.72 bits per heavy atom. The van der Waals surface area contributed by atoms with Crippen LogP contribution in [0.1, 0.15) is 54.9 Å². The van der Waals surface area contributed by atoms with Gasteiger partial charge in [-0.25, -0.2) is 0 Å². The van der Waals surface area contributed by atoms with Gasteiger partial charge in [0.1, 0.15) is 0 Å². The van der Waals surface area contributed by atoms with Crippen LogP contribution in [-0.2, 0) is 4.79 Å². The van der Waals surface area contributed by atoms with E-state index in [-0.39, 0.29) is 5.91 Å². The number of nitrogens with one attached hydrogen (secondary N) is 1. The zero-order valence-electron chi connectivity index (χ0n) is 13.4. The van der Waals surface area contributed by atoms with Gasteiger partial charge in [0.2, 0.25) is 0 Å². The van der Waals surface area contributed by atoms with Gasteiger partial charge in [-0.1, -0.05) is 59.8 Å². The van der Waals surface area contributed by atoms with Gasteiger partial charge in [-0.3, -0.25) is 4.79 Å². The van der Waals surface area contributed by atoms with Gasteiger partial charge in [0.05, 0.1) is 0 Å². The summed E-state index contributed by atoms with van der Waals surface area (Å²) in [5.41, 5.74) is 1.22. The van der Waals surface area contributed by atoms with Gasteiger partial charge >= 0.3 is 0 Å². The van der Waals surface area contributed by atoms with Crippen molar-refractivity contribution in [1.82, 2.24) is 5.32 Å². The summed E-state index contributed by atoms with van der Waals surface area (Å²) in [4.78, 5) is 11.0. The molecule has 0 aliphatic rings. The van der Waals surface area contributed by atoms with Crippen molar-refractivity contribution in [1.29, 1.82) is 0 Å². The summed E-state index contributed by atoms with van der Waals surface area (Å²) in [6, 6.07) is 0. The Balaban J connectivity index is 0. The molecule has 0 aliphatic heterocycles. The molecule has 1 amide bonds. The fourth-order valence-corrected chi connectivity index (χ4v) is 0.692. The van der Waals surface area contributed by atoms with E-state index in [1.54, 1.807) is 13.1 Å². The molecule has 0 radical (unpaired) electrons. The Morgan fingerprint density at radius 3 is 1.94 bits per heavy atom. The molecule has 0 aliphatic carbocycles. The average molecular weight is 253 g/mol. The number of rotatable bonds is 3. The molecular weight excluding hydrogens is 222 g/mol. The van der Waals surface area contributed by atoms with E-state index >= 15 is 0 Å². The molecule has 0 atom stereocenters. The number of amides is 1. The average Bonchev–Trinajstić information content (AvgIpc) is 2.29. The van der Waals surface area contributed by atoms with Crippen molar-refractivity contribution in [2.45, 2.75) is 54.9 Å². The van der Waals surface area contributed by atoms with E-state index in [0.29, 0.717) is 11.0 Å². The Hall–Kier alpha value is -1.05. The molecule has 0 heterocycles. The SMILES string of the molecule is C/C=C(\C=C/CC)C(=O)NC.CC(C)C(C)(C)C. The number of carbonyl (C=O) groups is 1. The molecule has 2 nitrogen and oxygen atoms in total. The maximum absolute atomic E-state index is 11.0. The lowest BCUT2D eigenvalue weighted by atomic mass is 9.84. The molecular formula is C16H31NO. The maximum Gasteiger partial charge on any atom is 0.250 e. The highest BCUT2D eigenvalue weighted by atomic mass is 16.1. The van der Waals surface area contributed by atoms with Gasteiger partial charge in [-0.15, -0.1) is 0 Å². The van der Waals surface area contributed by atoms with E-state index in [1.807, 2.05) is 26.0 Å². The number of likely N-dealkylation sites (N-methyl/N-ethyl adjacent to an activating group) is 1. The van der Waals surface area contributed by atoms with Gasteiger partial charge in [0.15, 0.2) is 0 Å². The first-order valence-corrected chi connectivity index (χ1v) is 6.75.